The van der Waals surface area contributed by atoms with Gasteiger partial charge in [-0.15, -0.1) is 0 Å². The van der Waals surface area contributed by atoms with Gasteiger partial charge in [-0.05, 0) is 19.3 Å². The molecule has 2 aliphatic rings. The molecule has 0 aliphatic carbocycles. The van der Waals surface area contributed by atoms with Crippen molar-refractivity contribution >= 4 is 5.91 Å². The molecule has 62 valence electrons. The maximum atomic E-state index is 11.0. The third-order valence-corrected chi connectivity index (χ3v) is 2.44. The van der Waals surface area contributed by atoms with Crippen molar-refractivity contribution in [2.45, 2.75) is 37.8 Å². The average Bonchev–Trinajstić information content (AvgIpc) is 2.04. The molecule has 2 atom stereocenters. The van der Waals surface area contributed by atoms with E-state index in [1.54, 1.807) is 0 Å². The zero-order valence-corrected chi connectivity index (χ0v) is 6.51. The Kier molecular flexibility index (Phi) is 1.82. The van der Waals surface area contributed by atoms with Gasteiger partial charge in [-0.2, -0.15) is 0 Å². The van der Waals surface area contributed by atoms with E-state index in [1.165, 1.54) is 0 Å². The van der Waals surface area contributed by atoms with Crippen LogP contribution in [0.4, 0.5) is 0 Å². The summed E-state index contributed by atoms with van der Waals surface area (Å²) in [6, 6.07) is 0.310. The van der Waals surface area contributed by atoms with Gasteiger partial charge in [-0.3, -0.25) is 4.79 Å². The first-order valence-corrected chi connectivity index (χ1v) is 4.27. The highest BCUT2D eigenvalue weighted by atomic mass is 16.5. The summed E-state index contributed by atoms with van der Waals surface area (Å²) in [4.78, 5) is 11.0. The molecule has 2 saturated heterocycles. The highest BCUT2D eigenvalue weighted by Gasteiger charge is 2.31. The van der Waals surface area contributed by atoms with E-state index in [2.05, 4.69) is 5.32 Å². The lowest BCUT2D eigenvalue weighted by Crippen LogP contribution is -2.51. The standard InChI is InChI=1S/C8H13NO2/c10-8-4-3-7-6(9-8)2-1-5-11-7/h6-7H,1-5H2,(H,9,10). The maximum absolute atomic E-state index is 11.0. The highest BCUT2D eigenvalue weighted by molar-refractivity contribution is 5.77. The second kappa shape index (κ2) is 2.81. The van der Waals surface area contributed by atoms with Crippen molar-refractivity contribution < 1.29 is 9.53 Å². The average molecular weight is 155 g/mol. The van der Waals surface area contributed by atoms with E-state index in [0.29, 0.717) is 18.6 Å². The molecule has 2 unspecified atom stereocenters. The molecule has 2 rings (SSSR count). The smallest absolute Gasteiger partial charge is 0.220 e. The van der Waals surface area contributed by atoms with E-state index in [-0.39, 0.29) is 5.91 Å². The van der Waals surface area contributed by atoms with E-state index in [1.807, 2.05) is 0 Å². The second-order valence-corrected chi connectivity index (χ2v) is 3.26. The minimum absolute atomic E-state index is 0.191. The number of carbonyl (C=O) groups is 1. The molecule has 0 bridgehead atoms. The van der Waals surface area contributed by atoms with Gasteiger partial charge in [-0.25, -0.2) is 0 Å². The van der Waals surface area contributed by atoms with Gasteiger partial charge in [0.25, 0.3) is 0 Å². The molecule has 0 saturated carbocycles. The summed E-state index contributed by atoms with van der Waals surface area (Å²) >= 11 is 0. The van der Waals surface area contributed by atoms with E-state index in [0.717, 1.165) is 25.9 Å². The van der Waals surface area contributed by atoms with Crippen molar-refractivity contribution in [2.24, 2.45) is 0 Å². The molecule has 0 aromatic carbocycles. The lowest BCUT2D eigenvalue weighted by molar-refractivity contribution is -0.129. The third kappa shape index (κ3) is 1.38. The van der Waals surface area contributed by atoms with Crippen LogP contribution in [0.5, 0.6) is 0 Å². The second-order valence-electron chi connectivity index (χ2n) is 3.26. The molecule has 2 aliphatic heterocycles. The van der Waals surface area contributed by atoms with Crippen molar-refractivity contribution in [1.82, 2.24) is 5.32 Å². The van der Waals surface area contributed by atoms with Crippen LogP contribution in [0.25, 0.3) is 0 Å². The Morgan fingerprint density at radius 2 is 2.36 bits per heavy atom. The molecule has 1 N–H and O–H groups in total. The highest BCUT2D eigenvalue weighted by Crippen LogP contribution is 2.21. The monoisotopic (exact) mass is 155 g/mol. The van der Waals surface area contributed by atoms with Gasteiger partial charge >= 0.3 is 0 Å². The molecule has 0 radical (unpaired) electrons. The Balaban J connectivity index is 1.98. The largest absolute Gasteiger partial charge is 0.376 e. The summed E-state index contributed by atoms with van der Waals surface area (Å²) in [5.41, 5.74) is 0. The first-order chi connectivity index (χ1) is 5.36. The minimum Gasteiger partial charge on any atom is -0.376 e. The van der Waals surface area contributed by atoms with Crippen LogP contribution in [-0.2, 0) is 9.53 Å². The van der Waals surface area contributed by atoms with Crippen LogP contribution in [0.1, 0.15) is 25.7 Å². The molecule has 0 spiro atoms. The summed E-state index contributed by atoms with van der Waals surface area (Å²) in [5, 5.41) is 2.95. The van der Waals surface area contributed by atoms with Crippen molar-refractivity contribution in [3.63, 3.8) is 0 Å². The lowest BCUT2D eigenvalue weighted by atomic mass is 9.95. The number of ether oxygens (including phenoxy) is 1. The Morgan fingerprint density at radius 3 is 3.27 bits per heavy atom. The Morgan fingerprint density at radius 1 is 1.45 bits per heavy atom. The van der Waals surface area contributed by atoms with Crippen LogP contribution < -0.4 is 5.32 Å². The number of fused-ring (bicyclic) bond motifs is 1. The number of nitrogens with one attached hydrogen (secondary N) is 1. The molecule has 3 nitrogen and oxygen atoms in total. The molecular formula is C8H13NO2. The first kappa shape index (κ1) is 7.10. The summed E-state index contributed by atoms with van der Waals surface area (Å²) < 4.78 is 5.52. The maximum Gasteiger partial charge on any atom is 0.220 e. The van der Waals surface area contributed by atoms with Crippen LogP contribution in [-0.4, -0.2) is 24.7 Å². The predicted octanol–water partition coefficient (Wildman–Crippen LogP) is 0.444. The number of piperidine rings is 1. The molecule has 1 amide bonds. The van der Waals surface area contributed by atoms with Crippen LogP contribution in [0.15, 0.2) is 0 Å². The van der Waals surface area contributed by atoms with Crippen LogP contribution in [0.2, 0.25) is 0 Å². The van der Waals surface area contributed by atoms with Crippen LogP contribution in [0, 0.1) is 0 Å². The Bertz CT molecular complexity index is 169. The van der Waals surface area contributed by atoms with Gasteiger partial charge < -0.3 is 10.1 Å². The molecule has 2 heterocycles. The fraction of sp³-hybridized carbons (Fsp3) is 0.875. The van der Waals surface area contributed by atoms with Crippen molar-refractivity contribution in [3.8, 4) is 0 Å². The number of hydrogen-bond donors (Lipinski definition) is 1. The van der Waals surface area contributed by atoms with Gasteiger partial charge in [0.2, 0.25) is 5.91 Å². The van der Waals surface area contributed by atoms with Crippen molar-refractivity contribution in [1.29, 1.82) is 0 Å². The fourth-order valence-corrected chi connectivity index (χ4v) is 1.84. The Hall–Kier alpha value is -0.570. The van der Waals surface area contributed by atoms with Crippen molar-refractivity contribution in [2.75, 3.05) is 6.61 Å². The zero-order chi connectivity index (χ0) is 7.68. The van der Waals surface area contributed by atoms with E-state index >= 15 is 0 Å². The third-order valence-electron chi connectivity index (χ3n) is 2.44. The molecular weight excluding hydrogens is 142 g/mol. The van der Waals surface area contributed by atoms with Crippen LogP contribution in [0.3, 0.4) is 0 Å². The fourth-order valence-electron chi connectivity index (χ4n) is 1.84. The van der Waals surface area contributed by atoms with Gasteiger partial charge in [0.05, 0.1) is 12.1 Å². The van der Waals surface area contributed by atoms with Gasteiger partial charge in [-0.1, -0.05) is 0 Å². The van der Waals surface area contributed by atoms with Gasteiger partial charge in [0.1, 0.15) is 0 Å². The normalized spacial score (nSPS) is 37.6. The molecule has 3 heteroatoms. The number of hydrogen-bond acceptors (Lipinski definition) is 2. The van der Waals surface area contributed by atoms with E-state index < -0.39 is 0 Å². The predicted molar refractivity (Wildman–Crippen MR) is 40.1 cm³/mol. The summed E-state index contributed by atoms with van der Waals surface area (Å²) in [5.74, 6) is 0.191. The SMILES string of the molecule is O=C1CCC2OCCCC2N1. The van der Waals surface area contributed by atoms with Crippen LogP contribution >= 0.6 is 0 Å². The first-order valence-electron chi connectivity index (χ1n) is 4.27. The number of rotatable bonds is 0. The quantitative estimate of drug-likeness (QED) is 0.551. The lowest BCUT2D eigenvalue weighted by Gasteiger charge is -2.35. The molecule has 2 fully saturated rings. The number of carbonyl (C=O) groups excluding carboxylic acids is 1. The van der Waals surface area contributed by atoms with Crippen molar-refractivity contribution in [3.05, 3.63) is 0 Å². The Labute approximate surface area is 66.1 Å². The summed E-state index contributed by atoms with van der Waals surface area (Å²) in [6.07, 6.45) is 4.04. The minimum atomic E-state index is 0.191. The van der Waals surface area contributed by atoms with E-state index in [9.17, 15) is 4.79 Å². The van der Waals surface area contributed by atoms with E-state index in [4.69, 9.17) is 4.74 Å². The number of amides is 1. The summed E-state index contributed by atoms with van der Waals surface area (Å²) in [6.45, 7) is 0.872. The zero-order valence-electron chi connectivity index (χ0n) is 6.51. The molecule has 0 aromatic heterocycles. The molecule has 11 heavy (non-hydrogen) atoms. The van der Waals surface area contributed by atoms with Gasteiger partial charge in [0.15, 0.2) is 0 Å². The van der Waals surface area contributed by atoms with Gasteiger partial charge in [0, 0.05) is 13.0 Å². The summed E-state index contributed by atoms with van der Waals surface area (Å²) in [7, 11) is 0. The topological polar surface area (TPSA) is 38.3 Å². The molecule has 0 aromatic rings.